The number of nitrogens with zero attached hydrogens (tertiary/aromatic N) is 1. The Bertz CT molecular complexity index is 800. The fraction of sp³-hybridized carbons (Fsp3) is 0.400. The molecule has 25 heavy (non-hydrogen) atoms. The lowest BCUT2D eigenvalue weighted by molar-refractivity contribution is 0.122. The van der Waals surface area contributed by atoms with Crippen molar-refractivity contribution in [3.63, 3.8) is 0 Å². The molecular weight excluding hydrogens is 330 g/mol. The molecule has 132 valence electrons. The van der Waals surface area contributed by atoms with Gasteiger partial charge in [0.05, 0.1) is 24.6 Å². The van der Waals surface area contributed by atoms with Gasteiger partial charge in [-0.15, -0.1) is 0 Å². The van der Waals surface area contributed by atoms with Crippen LogP contribution in [-0.2, 0) is 11.3 Å². The van der Waals surface area contributed by atoms with E-state index in [2.05, 4.69) is 53.6 Å². The third-order valence-electron chi connectivity index (χ3n) is 4.87. The molecule has 2 heterocycles. The van der Waals surface area contributed by atoms with Crippen LogP contribution in [0, 0.1) is 13.8 Å². The minimum absolute atomic E-state index is 0.816. The van der Waals surface area contributed by atoms with Gasteiger partial charge in [0, 0.05) is 35.1 Å². The Kier molecular flexibility index (Phi) is 4.63. The van der Waals surface area contributed by atoms with Crippen LogP contribution in [0.25, 0.3) is 0 Å². The molecule has 2 aromatic rings. The van der Waals surface area contributed by atoms with Crippen LogP contribution in [-0.4, -0.2) is 33.4 Å². The minimum Gasteiger partial charge on any atom is -0.378 e. The molecule has 0 radical (unpaired) electrons. The first-order valence-corrected chi connectivity index (χ1v) is 9.67. The van der Waals surface area contributed by atoms with Crippen LogP contribution in [0.3, 0.4) is 0 Å². The Labute approximate surface area is 153 Å². The lowest BCUT2D eigenvalue weighted by Crippen LogP contribution is -2.36. The quantitative estimate of drug-likeness (QED) is 0.741. The second kappa shape index (κ2) is 6.90. The monoisotopic (exact) mass is 355 g/mol. The fourth-order valence-corrected chi connectivity index (χ4v) is 4.85. The number of benzene rings is 2. The molecule has 0 unspecified atom stereocenters. The molecule has 4 rings (SSSR count). The SMILES string of the molecule is CNCc1cc(C)c2c(c1)Sc1cc(N3CCOCC3)cc(C)c1N2. The molecule has 0 spiro atoms. The molecule has 0 aromatic heterocycles. The second-order valence-corrected chi connectivity index (χ2v) is 7.86. The van der Waals surface area contributed by atoms with Gasteiger partial charge in [0.25, 0.3) is 0 Å². The summed E-state index contributed by atoms with van der Waals surface area (Å²) in [7, 11) is 1.99. The molecule has 2 N–H and O–H groups in total. The summed E-state index contributed by atoms with van der Waals surface area (Å²) in [5.41, 5.74) is 7.74. The van der Waals surface area contributed by atoms with E-state index in [4.69, 9.17) is 4.74 Å². The molecule has 0 atom stereocenters. The normalized spacial score (nSPS) is 16.2. The molecule has 0 amide bonds. The molecule has 0 aliphatic carbocycles. The number of rotatable bonds is 3. The number of anilines is 3. The lowest BCUT2D eigenvalue weighted by atomic mass is 10.1. The minimum atomic E-state index is 0.816. The van der Waals surface area contributed by atoms with Crippen molar-refractivity contribution in [3.8, 4) is 0 Å². The summed E-state index contributed by atoms with van der Waals surface area (Å²) >= 11 is 1.88. The Morgan fingerprint density at radius 3 is 2.44 bits per heavy atom. The topological polar surface area (TPSA) is 36.5 Å². The van der Waals surface area contributed by atoms with E-state index in [1.807, 2.05) is 18.8 Å². The summed E-state index contributed by atoms with van der Waals surface area (Å²) in [6.07, 6.45) is 0. The van der Waals surface area contributed by atoms with Crippen LogP contribution in [0.1, 0.15) is 16.7 Å². The average molecular weight is 356 g/mol. The van der Waals surface area contributed by atoms with E-state index in [1.165, 1.54) is 43.5 Å². The molecule has 2 aliphatic heterocycles. The van der Waals surface area contributed by atoms with Crippen molar-refractivity contribution >= 4 is 28.8 Å². The number of fused-ring (bicyclic) bond motifs is 2. The van der Waals surface area contributed by atoms with Crippen molar-refractivity contribution in [2.45, 2.75) is 30.2 Å². The van der Waals surface area contributed by atoms with E-state index in [1.54, 1.807) is 0 Å². The first kappa shape index (κ1) is 16.8. The van der Waals surface area contributed by atoms with Crippen LogP contribution in [0.2, 0.25) is 0 Å². The number of hydrogen-bond acceptors (Lipinski definition) is 5. The van der Waals surface area contributed by atoms with E-state index in [9.17, 15) is 0 Å². The van der Waals surface area contributed by atoms with Crippen molar-refractivity contribution in [3.05, 3.63) is 41.0 Å². The number of ether oxygens (including phenoxy) is 1. The van der Waals surface area contributed by atoms with Gasteiger partial charge in [-0.1, -0.05) is 17.8 Å². The van der Waals surface area contributed by atoms with Gasteiger partial charge in [0.2, 0.25) is 0 Å². The Morgan fingerprint density at radius 2 is 1.72 bits per heavy atom. The third kappa shape index (κ3) is 3.24. The van der Waals surface area contributed by atoms with Gasteiger partial charge < -0.3 is 20.3 Å². The Morgan fingerprint density at radius 1 is 1.04 bits per heavy atom. The van der Waals surface area contributed by atoms with Gasteiger partial charge in [-0.25, -0.2) is 0 Å². The highest BCUT2D eigenvalue weighted by Crippen LogP contribution is 2.48. The lowest BCUT2D eigenvalue weighted by Gasteiger charge is -2.31. The standard InChI is InChI=1S/C20H25N3OS/c1-13-8-15(12-21-3)10-17-19(13)22-20-14(2)9-16(11-18(20)25-17)23-4-6-24-7-5-23/h8-11,21-22H,4-7,12H2,1-3H3. The molecule has 2 aliphatic rings. The maximum Gasteiger partial charge on any atom is 0.0642 e. The van der Waals surface area contributed by atoms with Gasteiger partial charge in [-0.05, 0) is 55.8 Å². The fourth-order valence-electron chi connectivity index (χ4n) is 3.60. The van der Waals surface area contributed by atoms with Gasteiger partial charge >= 0.3 is 0 Å². The van der Waals surface area contributed by atoms with Crippen molar-refractivity contribution in [1.29, 1.82) is 0 Å². The maximum absolute atomic E-state index is 5.49. The summed E-state index contributed by atoms with van der Waals surface area (Å²) in [5.74, 6) is 0. The number of aryl methyl sites for hydroxylation is 2. The summed E-state index contributed by atoms with van der Waals surface area (Å²) in [4.78, 5) is 5.06. The van der Waals surface area contributed by atoms with Crippen molar-refractivity contribution in [1.82, 2.24) is 5.32 Å². The molecule has 1 saturated heterocycles. The van der Waals surface area contributed by atoms with Crippen molar-refractivity contribution in [2.75, 3.05) is 43.6 Å². The summed E-state index contributed by atoms with van der Waals surface area (Å²) in [6.45, 7) is 8.86. The Balaban J connectivity index is 1.70. The average Bonchev–Trinajstić information content (AvgIpc) is 2.61. The highest BCUT2D eigenvalue weighted by Gasteiger charge is 2.22. The van der Waals surface area contributed by atoms with Gasteiger partial charge in [-0.2, -0.15) is 0 Å². The van der Waals surface area contributed by atoms with Gasteiger partial charge in [0.15, 0.2) is 0 Å². The largest absolute Gasteiger partial charge is 0.378 e. The number of morpholine rings is 1. The molecule has 2 aromatic carbocycles. The van der Waals surface area contributed by atoms with E-state index in [0.29, 0.717) is 0 Å². The zero-order chi connectivity index (χ0) is 17.4. The van der Waals surface area contributed by atoms with Crippen LogP contribution >= 0.6 is 11.8 Å². The highest BCUT2D eigenvalue weighted by molar-refractivity contribution is 7.99. The third-order valence-corrected chi connectivity index (χ3v) is 5.95. The van der Waals surface area contributed by atoms with Crippen molar-refractivity contribution in [2.24, 2.45) is 0 Å². The van der Waals surface area contributed by atoms with E-state index < -0.39 is 0 Å². The van der Waals surface area contributed by atoms with Crippen LogP contribution < -0.4 is 15.5 Å². The van der Waals surface area contributed by atoms with Crippen LogP contribution in [0.15, 0.2) is 34.1 Å². The zero-order valence-electron chi connectivity index (χ0n) is 15.1. The summed E-state index contributed by atoms with van der Waals surface area (Å²) in [5, 5.41) is 6.94. The molecular formula is C20H25N3OS. The predicted octanol–water partition coefficient (Wildman–Crippen LogP) is 4.07. The van der Waals surface area contributed by atoms with E-state index in [0.717, 1.165) is 32.8 Å². The Hall–Kier alpha value is -1.69. The smallest absolute Gasteiger partial charge is 0.0642 e. The number of nitrogens with one attached hydrogen (secondary N) is 2. The van der Waals surface area contributed by atoms with E-state index in [-0.39, 0.29) is 0 Å². The molecule has 4 nitrogen and oxygen atoms in total. The molecule has 0 saturated carbocycles. The molecule has 0 bridgehead atoms. The second-order valence-electron chi connectivity index (χ2n) is 6.78. The van der Waals surface area contributed by atoms with Crippen LogP contribution in [0.4, 0.5) is 17.1 Å². The van der Waals surface area contributed by atoms with Crippen LogP contribution in [0.5, 0.6) is 0 Å². The zero-order valence-corrected chi connectivity index (χ0v) is 15.9. The summed E-state index contributed by atoms with van der Waals surface area (Å²) < 4.78 is 5.49. The van der Waals surface area contributed by atoms with Gasteiger partial charge in [0.1, 0.15) is 0 Å². The highest BCUT2D eigenvalue weighted by atomic mass is 32.2. The maximum atomic E-state index is 5.49. The molecule has 5 heteroatoms. The number of hydrogen-bond donors (Lipinski definition) is 2. The first-order valence-electron chi connectivity index (χ1n) is 8.86. The van der Waals surface area contributed by atoms with E-state index >= 15 is 0 Å². The van der Waals surface area contributed by atoms with Gasteiger partial charge in [-0.3, -0.25) is 0 Å². The first-order chi connectivity index (χ1) is 12.2. The molecule has 1 fully saturated rings. The predicted molar refractivity (Wildman–Crippen MR) is 106 cm³/mol. The summed E-state index contributed by atoms with van der Waals surface area (Å²) in [6, 6.07) is 9.20. The van der Waals surface area contributed by atoms with Crippen molar-refractivity contribution < 1.29 is 4.74 Å².